The lowest BCUT2D eigenvalue weighted by molar-refractivity contribution is -0.133. The Bertz CT molecular complexity index is 230. The summed E-state index contributed by atoms with van der Waals surface area (Å²) in [5, 5.41) is 8.69. The summed E-state index contributed by atoms with van der Waals surface area (Å²) >= 11 is 0. The molecule has 1 N–H and O–H groups in total. The molecule has 2 unspecified atom stereocenters. The topological polar surface area (TPSA) is 46.5 Å². The number of ether oxygens (including phenoxy) is 1. The Morgan fingerprint density at radius 2 is 2.08 bits per heavy atom. The van der Waals surface area contributed by atoms with Crippen molar-refractivity contribution in [1.82, 2.24) is 0 Å². The van der Waals surface area contributed by atoms with Crippen LogP contribution in [-0.2, 0) is 9.53 Å². The molecule has 1 fully saturated rings. The number of carbonyl (C=O) groups is 1. The number of aliphatic carboxylic acids is 1. The highest BCUT2D eigenvalue weighted by Crippen LogP contribution is 2.27. The van der Waals surface area contributed by atoms with E-state index in [1.165, 1.54) is 0 Å². The van der Waals surface area contributed by atoms with Crippen molar-refractivity contribution in [2.75, 3.05) is 6.61 Å². The third-order valence-electron chi connectivity index (χ3n) is 2.39. The molecule has 1 heterocycles. The first-order valence-corrected chi connectivity index (χ1v) is 4.06. The minimum absolute atomic E-state index is 0.0288. The minimum Gasteiger partial charge on any atom is -0.478 e. The fraction of sp³-hybridized carbons (Fsp3) is 0.667. The van der Waals surface area contributed by atoms with E-state index in [-0.39, 0.29) is 6.10 Å². The first kappa shape index (κ1) is 9.26. The predicted molar refractivity (Wildman–Crippen MR) is 44.9 cm³/mol. The van der Waals surface area contributed by atoms with Crippen LogP contribution >= 0.6 is 0 Å². The lowest BCUT2D eigenvalue weighted by Crippen LogP contribution is -2.39. The lowest BCUT2D eigenvalue weighted by Gasteiger charge is -2.35. The Hall–Kier alpha value is -0.830. The molecule has 0 aromatic carbocycles. The van der Waals surface area contributed by atoms with E-state index in [0.29, 0.717) is 11.5 Å². The van der Waals surface area contributed by atoms with Crippen LogP contribution in [0.2, 0.25) is 0 Å². The molecule has 0 aliphatic carbocycles. The molecular formula is C9H14O3. The van der Waals surface area contributed by atoms with E-state index in [0.717, 1.165) is 12.2 Å². The average molecular weight is 170 g/mol. The summed E-state index contributed by atoms with van der Waals surface area (Å²) in [6, 6.07) is 0. The molecule has 12 heavy (non-hydrogen) atoms. The van der Waals surface area contributed by atoms with Crippen LogP contribution in [0.25, 0.3) is 0 Å². The van der Waals surface area contributed by atoms with E-state index >= 15 is 0 Å². The second-order valence-corrected chi connectivity index (χ2v) is 3.34. The first-order chi connectivity index (χ1) is 5.54. The van der Waals surface area contributed by atoms with E-state index in [4.69, 9.17) is 9.84 Å². The molecular weight excluding hydrogens is 156 g/mol. The Kier molecular flexibility index (Phi) is 2.52. The van der Waals surface area contributed by atoms with Crippen molar-refractivity contribution < 1.29 is 14.6 Å². The van der Waals surface area contributed by atoms with Gasteiger partial charge in [0.05, 0.1) is 12.7 Å². The van der Waals surface area contributed by atoms with Gasteiger partial charge in [-0.05, 0) is 19.4 Å². The van der Waals surface area contributed by atoms with Gasteiger partial charge in [-0.25, -0.2) is 4.79 Å². The number of rotatable bonds is 2. The van der Waals surface area contributed by atoms with Crippen LogP contribution in [0.15, 0.2) is 11.1 Å². The molecule has 3 heteroatoms. The zero-order valence-corrected chi connectivity index (χ0v) is 7.63. The van der Waals surface area contributed by atoms with Gasteiger partial charge in [0.2, 0.25) is 0 Å². The summed E-state index contributed by atoms with van der Waals surface area (Å²) in [5.41, 5.74) is 1.26. The zero-order chi connectivity index (χ0) is 9.30. The second-order valence-electron chi connectivity index (χ2n) is 3.34. The van der Waals surface area contributed by atoms with Crippen LogP contribution in [0.1, 0.15) is 20.8 Å². The molecule has 0 saturated carbocycles. The smallest absolute Gasteiger partial charge is 0.331 e. The average Bonchev–Trinajstić information content (AvgIpc) is 2.00. The second kappa shape index (κ2) is 3.27. The Balaban J connectivity index is 2.74. The molecule has 2 atom stereocenters. The van der Waals surface area contributed by atoms with E-state index in [1.54, 1.807) is 6.92 Å². The molecule has 0 amide bonds. The van der Waals surface area contributed by atoms with Gasteiger partial charge in [0.15, 0.2) is 0 Å². The van der Waals surface area contributed by atoms with Gasteiger partial charge in [-0.1, -0.05) is 6.92 Å². The maximum Gasteiger partial charge on any atom is 0.331 e. The third-order valence-corrected chi connectivity index (χ3v) is 2.39. The highest BCUT2D eigenvalue weighted by Gasteiger charge is 2.30. The molecule has 0 spiro atoms. The maximum atomic E-state index is 10.6. The number of hydrogen-bond donors (Lipinski definition) is 1. The summed E-state index contributed by atoms with van der Waals surface area (Å²) < 4.78 is 5.25. The molecule has 0 aromatic heterocycles. The van der Waals surface area contributed by atoms with Crippen LogP contribution in [0.3, 0.4) is 0 Å². The molecule has 3 nitrogen and oxygen atoms in total. The Morgan fingerprint density at radius 1 is 1.50 bits per heavy atom. The largest absolute Gasteiger partial charge is 0.478 e. The van der Waals surface area contributed by atoms with Crippen LogP contribution in [0, 0.1) is 5.92 Å². The van der Waals surface area contributed by atoms with Gasteiger partial charge in [0, 0.05) is 11.5 Å². The molecule has 0 aromatic rings. The first-order valence-electron chi connectivity index (χ1n) is 4.06. The highest BCUT2D eigenvalue weighted by molar-refractivity contribution is 5.86. The van der Waals surface area contributed by atoms with Crippen LogP contribution < -0.4 is 0 Å². The predicted octanol–water partition coefficient (Wildman–Crippen LogP) is 1.44. The van der Waals surface area contributed by atoms with E-state index in [1.807, 2.05) is 6.92 Å². The summed E-state index contributed by atoms with van der Waals surface area (Å²) in [7, 11) is 0. The van der Waals surface area contributed by atoms with Gasteiger partial charge in [-0.2, -0.15) is 0 Å². The monoisotopic (exact) mass is 170 g/mol. The molecule has 1 saturated heterocycles. The molecule has 0 radical (unpaired) electrons. The molecule has 1 rings (SSSR count). The summed E-state index contributed by atoms with van der Waals surface area (Å²) in [4.78, 5) is 10.6. The van der Waals surface area contributed by atoms with E-state index in [2.05, 4.69) is 6.92 Å². The van der Waals surface area contributed by atoms with Crippen molar-refractivity contribution in [1.29, 1.82) is 0 Å². The number of carboxylic acids is 1. The van der Waals surface area contributed by atoms with E-state index < -0.39 is 5.97 Å². The van der Waals surface area contributed by atoms with Crippen molar-refractivity contribution in [3.63, 3.8) is 0 Å². The SMILES string of the molecule is CC(C(=O)O)=C(C)C1OCC1C. The van der Waals surface area contributed by atoms with Crippen molar-refractivity contribution >= 4 is 5.97 Å². The van der Waals surface area contributed by atoms with Crippen LogP contribution in [0.4, 0.5) is 0 Å². The fourth-order valence-corrected chi connectivity index (χ4v) is 1.32. The van der Waals surface area contributed by atoms with Gasteiger partial charge in [0.1, 0.15) is 0 Å². The van der Waals surface area contributed by atoms with Gasteiger partial charge in [-0.3, -0.25) is 0 Å². The number of hydrogen-bond acceptors (Lipinski definition) is 2. The Morgan fingerprint density at radius 3 is 2.33 bits per heavy atom. The lowest BCUT2D eigenvalue weighted by atomic mass is 9.91. The van der Waals surface area contributed by atoms with Crippen LogP contribution in [0.5, 0.6) is 0 Å². The quantitative estimate of drug-likeness (QED) is 0.638. The van der Waals surface area contributed by atoms with Crippen molar-refractivity contribution in [3.8, 4) is 0 Å². The maximum absolute atomic E-state index is 10.6. The van der Waals surface area contributed by atoms with Gasteiger partial charge in [0.25, 0.3) is 0 Å². The summed E-state index contributed by atoms with van der Waals surface area (Å²) in [5.74, 6) is -0.394. The van der Waals surface area contributed by atoms with Gasteiger partial charge in [-0.15, -0.1) is 0 Å². The summed E-state index contributed by atoms with van der Waals surface area (Å²) in [6.07, 6.45) is 0.0288. The molecule has 1 aliphatic heterocycles. The van der Waals surface area contributed by atoms with Gasteiger partial charge < -0.3 is 9.84 Å². The standard InChI is InChI=1S/C9H14O3/c1-5-4-12-8(5)6(2)7(3)9(10)11/h5,8H,4H2,1-3H3,(H,10,11). The molecule has 0 bridgehead atoms. The van der Waals surface area contributed by atoms with Crippen molar-refractivity contribution in [2.24, 2.45) is 5.92 Å². The highest BCUT2D eigenvalue weighted by atomic mass is 16.5. The van der Waals surface area contributed by atoms with Crippen molar-refractivity contribution in [2.45, 2.75) is 26.9 Å². The van der Waals surface area contributed by atoms with Crippen molar-refractivity contribution in [3.05, 3.63) is 11.1 Å². The molecule has 1 aliphatic rings. The Labute approximate surface area is 72.0 Å². The fourth-order valence-electron chi connectivity index (χ4n) is 1.32. The van der Waals surface area contributed by atoms with Crippen LogP contribution in [-0.4, -0.2) is 23.8 Å². The zero-order valence-electron chi connectivity index (χ0n) is 7.63. The third kappa shape index (κ3) is 1.50. The summed E-state index contributed by atoms with van der Waals surface area (Å²) in [6.45, 7) is 6.25. The number of carboxylic acid groups (broad SMARTS) is 1. The molecule has 68 valence electrons. The van der Waals surface area contributed by atoms with Gasteiger partial charge >= 0.3 is 5.97 Å². The minimum atomic E-state index is -0.852. The van der Waals surface area contributed by atoms with E-state index in [9.17, 15) is 4.79 Å². The normalized spacial score (nSPS) is 30.6.